The molecule has 162 valence electrons. The van der Waals surface area contributed by atoms with E-state index < -0.39 is 32.6 Å². The van der Waals surface area contributed by atoms with E-state index in [4.69, 9.17) is 0 Å². The van der Waals surface area contributed by atoms with E-state index >= 15 is 0 Å². The van der Waals surface area contributed by atoms with Crippen LogP contribution in [0.3, 0.4) is 0 Å². The van der Waals surface area contributed by atoms with Gasteiger partial charge < -0.3 is 0 Å². The van der Waals surface area contributed by atoms with Crippen molar-refractivity contribution in [3.8, 4) is 0 Å². The van der Waals surface area contributed by atoms with Crippen LogP contribution in [0.15, 0.2) is 10.2 Å². The van der Waals surface area contributed by atoms with E-state index in [1.807, 2.05) is 0 Å². The molecule has 0 aromatic carbocycles. The van der Waals surface area contributed by atoms with Gasteiger partial charge in [-0.3, -0.25) is 0 Å². The van der Waals surface area contributed by atoms with Gasteiger partial charge >= 0.3 is 177 Å². The Balaban J connectivity index is 5.86. The van der Waals surface area contributed by atoms with Crippen LogP contribution in [0.5, 0.6) is 0 Å². The molecule has 2 atom stereocenters. The van der Waals surface area contributed by atoms with Crippen LogP contribution in [-0.2, 0) is 0 Å². The molecule has 0 amide bonds. The Kier molecular flexibility index (Phi) is 15.9. The summed E-state index contributed by atoms with van der Waals surface area (Å²) in [6.45, 7) is 13.8. The van der Waals surface area contributed by atoms with Gasteiger partial charge in [0.05, 0.1) is 0 Å². The minimum absolute atomic E-state index is 0.0921. The predicted octanol–water partition coefficient (Wildman–Crippen LogP) is 7.16. The standard InChI is InChI=1S/C11H23O2Si.3C4H9.Sn/c1-5-11(10(13)9-12)14(6-2,7-3)8-4;3*1-3-4-2;/h1,5,10-13H,6-9H2,2-4H3;3*1,3-4H2,2H3;/t10-,11-;;;;/m0..../s1. The summed E-state index contributed by atoms with van der Waals surface area (Å²) >= 11 is -2.33. The molecule has 0 aliphatic rings. The van der Waals surface area contributed by atoms with Gasteiger partial charge in [-0.25, -0.2) is 0 Å². The summed E-state index contributed by atoms with van der Waals surface area (Å²) in [5.74, 6) is 0. The van der Waals surface area contributed by atoms with Crippen LogP contribution in [0, 0.1) is 0 Å². The van der Waals surface area contributed by atoms with E-state index in [9.17, 15) is 10.2 Å². The van der Waals surface area contributed by atoms with Crippen molar-refractivity contribution in [2.75, 3.05) is 6.61 Å². The van der Waals surface area contributed by atoms with Crippen LogP contribution in [-0.4, -0.2) is 49.4 Å². The van der Waals surface area contributed by atoms with Crippen molar-refractivity contribution in [1.29, 1.82) is 0 Å². The Labute approximate surface area is 176 Å². The van der Waals surface area contributed by atoms with Gasteiger partial charge in [-0.15, -0.1) is 0 Å². The van der Waals surface area contributed by atoms with Crippen LogP contribution < -0.4 is 0 Å². The maximum absolute atomic E-state index is 10.7. The molecule has 0 aromatic rings. The van der Waals surface area contributed by atoms with Crippen molar-refractivity contribution >= 4 is 26.5 Å². The number of hydrogen-bond donors (Lipinski definition) is 2. The Morgan fingerprint density at radius 3 is 1.48 bits per heavy atom. The monoisotopic (exact) mass is 506 g/mol. The second-order valence-electron chi connectivity index (χ2n) is 8.73. The van der Waals surface area contributed by atoms with Gasteiger partial charge in [0.15, 0.2) is 0 Å². The number of rotatable bonds is 17. The third kappa shape index (κ3) is 8.92. The zero-order valence-corrected chi connectivity index (χ0v) is 23.3. The summed E-state index contributed by atoms with van der Waals surface area (Å²) in [5, 5.41) is 20.5. The molecule has 0 heterocycles. The van der Waals surface area contributed by atoms with Crippen molar-refractivity contribution in [2.24, 2.45) is 0 Å². The van der Waals surface area contributed by atoms with Crippen molar-refractivity contribution < 1.29 is 10.2 Å². The molecule has 0 aromatic heterocycles. The van der Waals surface area contributed by atoms with E-state index in [0.717, 1.165) is 0 Å². The first-order chi connectivity index (χ1) is 12.9. The van der Waals surface area contributed by atoms with E-state index in [-0.39, 0.29) is 12.1 Å². The molecule has 27 heavy (non-hydrogen) atoms. The van der Waals surface area contributed by atoms with Crippen LogP contribution in [0.2, 0.25) is 37.0 Å². The second-order valence-corrected chi connectivity index (χ2v) is 27.3. The molecule has 0 saturated carbocycles. The summed E-state index contributed by atoms with van der Waals surface area (Å²) in [4.78, 5) is 0. The topological polar surface area (TPSA) is 40.5 Å². The third-order valence-corrected chi connectivity index (χ3v) is 27.5. The van der Waals surface area contributed by atoms with Gasteiger partial charge in [0.25, 0.3) is 0 Å². The normalized spacial score (nSPS) is 15.4. The molecule has 0 aliphatic carbocycles. The van der Waals surface area contributed by atoms with E-state index in [1.54, 1.807) is 0 Å². The molecular formula is C23H50O2SiSn. The molecule has 2 nitrogen and oxygen atoms in total. The first kappa shape index (κ1) is 27.7. The molecule has 4 heteroatoms. The van der Waals surface area contributed by atoms with Crippen LogP contribution in [0.4, 0.5) is 0 Å². The molecule has 0 spiro atoms. The first-order valence-electron chi connectivity index (χ1n) is 11.9. The molecule has 2 N–H and O–H groups in total. The molecular weight excluding hydrogens is 455 g/mol. The summed E-state index contributed by atoms with van der Waals surface area (Å²) in [6, 6.07) is 3.61. The number of aliphatic hydroxyl groups is 2. The molecule has 0 bridgehead atoms. The number of unbranched alkanes of at least 4 members (excludes halogenated alkanes) is 3. The molecule has 0 saturated heterocycles. The quantitative estimate of drug-likeness (QED) is 0.206. The average molecular weight is 505 g/mol. The molecule has 0 unspecified atom stereocenters. The maximum atomic E-state index is 10.7. The fourth-order valence-electron chi connectivity index (χ4n) is 4.83. The van der Waals surface area contributed by atoms with Crippen molar-refractivity contribution in [1.82, 2.24) is 0 Å². The van der Waals surface area contributed by atoms with Crippen LogP contribution >= 0.6 is 0 Å². The summed E-state index contributed by atoms with van der Waals surface area (Å²) in [6.07, 6.45) is 9.92. The zero-order chi connectivity index (χ0) is 20.8. The van der Waals surface area contributed by atoms with Gasteiger partial charge in [-0.1, -0.05) is 0 Å². The fourth-order valence-corrected chi connectivity index (χ4v) is 24.1. The first-order valence-corrected chi connectivity index (χ1v) is 22.3. The van der Waals surface area contributed by atoms with E-state index in [0.29, 0.717) is 0 Å². The van der Waals surface area contributed by atoms with Crippen molar-refractivity contribution in [2.45, 2.75) is 123 Å². The van der Waals surface area contributed by atoms with Crippen molar-refractivity contribution in [3.05, 3.63) is 10.2 Å². The fraction of sp³-hybridized carbons (Fsp3) is 0.913. The second kappa shape index (κ2) is 15.5. The molecule has 0 fully saturated rings. The molecule has 0 rings (SSSR count). The summed E-state index contributed by atoms with van der Waals surface area (Å²) < 4.78 is 7.15. The van der Waals surface area contributed by atoms with Gasteiger partial charge in [0.2, 0.25) is 0 Å². The zero-order valence-electron chi connectivity index (χ0n) is 19.4. The van der Waals surface area contributed by atoms with Gasteiger partial charge in [0, 0.05) is 0 Å². The van der Waals surface area contributed by atoms with Gasteiger partial charge in [0.1, 0.15) is 0 Å². The average Bonchev–Trinajstić information content (AvgIpc) is 2.71. The Bertz CT molecular complexity index is 353. The molecule has 0 radical (unpaired) electrons. The van der Waals surface area contributed by atoms with E-state index in [1.165, 1.54) is 70.0 Å². The minimum atomic E-state index is -2.33. The van der Waals surface area contributed by atoms with Crippen molar-refractivity contribution in [3.63, 3.8) is 0 Å². The summed E-state index contributed by atoms with van der Waals surface area (Å²) in [5.41, 5.74) is 0.225. The van der Waals surface area contributed by atoms with E-state index in [2.05, 4.69) is 51.7 Å². The molecule has 0 aliphatic heterocycles. The SMILES string of the molecule is CCC[CH2][Sn](/[CH]=C/[C@@H]([C@@H](O)CO)[Si](CC)(CC)CC)([CH2]CCC)[CH2]CCC. The number of aliphatic hydroxyl groups excluding tert-OH is 2. The van der Waals surface area contributed by atoms with Crippen LogP contribution in [0.1, 0.15) is 80.1 Å². The predicted molar refractivity (Wildman–Crippen MR) is 128 cm³/mol. The van der Waals surface area contributed by atoms with Gasteiger partial charge in [-0.05, 0) is 0 Å². The Hall–Kier alpha value is 0.676. The number of hydrogen-bond acceptors (Lipinski definition) is 2. The van der Waals surface area contributed by atoms with Gasteiger partial charge in [-0.2, -0.15) is 0 Å². The Morgan fingerprint density at radius 1 is 0.778 bits per heavy atom. The van der Waals surface area contributed by atoms with Crippen LogP contribution in [0.25, 0.3) is 0 Å². The summed E-state index contributed by atoms with van der Waals surface area (Å²) in [7, 11) is -1.59. The third-order valence-electron chi connectivity index (χ3n) is 7.16. The Morgan fingerprint density at radius 2 is 1.19 bits per heavy atom.